The van der Waals surface area contributed by atoms with E-state index in [2.05, 4.69) is 46.1 Å². The van der Waals surface area contributed by atoms with Gasteiger partial charge in [0.1, 0.15) is 0 Å². The van der Waals surface area contributed by atoms with Gasteiger partial charge in [-0.2, -0.15) is 0 Å². The van der Waals surface area contributed by atoms with Crippen molar-refractivity contribution in [3.8, 4) is 0 Å². The Hall–Kier alpha value is -1.56. The Morgan fingerprint density at radius 2 is 2.23 bits per heavy atom. The number of hydrogen-bond donors (Lipinski definition) is 1. The SMILES string of the molecule is COCCn1c(C)cc2cc(NCc3cnc(Cl)s3)ccc21. The molecule has 0 aliphatic heterocycles. The molecule has 3 rings (SSSR count). The summed E-state index contributed by atoms with van der Waals surface area (Å²) in [6.07, 6.45) is 1.81. The van der Waals surface area contributed by atoms with E-state index in [-0.39, 0.29) is 0 Å². The summed E-state index contributed by atoms with van der Waals surface area (Å²) in [5, 5.41) is 4.65. The van der Waals surface area contributed by atoms with Crippen LogP contribution in [0.2, 0.25) is 4.47 Å². The molecule has 1 aromatic carbocycles. The van der Waals surface area contributed by atoms with Crippen LogP contribution in [-0.2, 0) is 17.8 Å². The van der Waals surface area contributed by atoms with Gasteiger partial charge in [-0.3, -0.25) is 0 Å². The summed E-state index contributed by atoms with van der Waals surface area (Å²) in [4.78, 5) is 5.18. The molecule has 0 spiro atoms. The number of halogens is 1. The van der Waals surface area contributed by atoms with E-state index in [1.165, 1.54) is 27.9 Å². The first-order valence-electron chi connectivity index (χ1n) is 7.10. The molecule has 0 aliphatic rings. The average Bonchev–Trinajstić information content (AvgIpc) is 3.05. The van der Waals surface area contributed by atoms with E-state index in [9.17, 15) is 0 Å². The first kappa shape index (κ1) is 15.3. The van der Waals surface area contributed by atoms with Crippen LogP contribution in [-0.4, -0.2) is 23.3 Å². The number of hydrogen-bond acceptors (Lipinski definition) is 4. The second kappa shape index (κ2) is 6.69. The van der Waals surface area contributed by atoms with Gasteiger partial charge in [-0.1, -0.05) is 11.6 Å². The molecule has 2 heterocycles. The monoisotopic (exact) mass is 335 g/mol. The normalized spacial score (nSPS) is 11.2. The number of nitrogens with one attached hydrogen (secondary N) is 1. The maximum absolute atomic E-state index is 5.85. The highest BCUT2D eigenvalue weighted by Crippen LogP contribution is 2.24. The van der Waals surface area contributed by atoms with Gasteiger partial charge >= 0.3 is 0 Å². The van der Waals surface area contributed by atoms with E-state index in [0.29, 0.717) is 4.47 Å². The number of rotatable bonds is 6. The Bertz CT molecular complexity index is 781. The smallest absolute Gasteiger partial charge is 0.183 e. The molecule has 2 aromatic heterocycles. The average molecular weight is 336 g/mol. The number of aryl methyl sites for hydroxylation is 1. The number of methoxy groups -OCH3 is 1. The van der Waals surface area contributed by atoms with E-state index in [1.54, 1.807) is 7.11 Å². The highest BCUT2D eigenvalue weighted by atomic mass is 35.5. The molecule has 0 aliphatic carbocycles. The molecule has 3 aromatic rings. The molecular formula is C16H18ClN3OS. The fourth-order valence-electron chi connectivity index (χ4n) is 2.55. The van der Waals surface area contributed by atoms with E-state index in [1.807, 2.05) is 6.20 Å². The molecule has 1 N–H and O–H groups in total. The van der Waals surface area contributed by atoms with Crippen molar-refractivity contribution in [3.05, 3.63) is 45.5 Å². The highest BCUT2D eigenvalue weighted by molar-refractivity contribution is 7.15. The number of nitrogens with zero attached hydrogens (tertiary/aromatic N) is 2. The number of benzene rings is 1. The lowest BCUT2D eigenvalue weighted by Gasteiger charge is -2.08. The molecule has 0 bridgehead atoms. The second-order valence-electron chi connectivity index (χ2n) is 5.14. The van der Waals surface area contributed by atoms with E-state index < -0.39 is 0 Å². The van der Waals surface area contributed by atoms with Crippen LogP contribution in [0.4, 0.5) is 5.69 Å². The Labute approximate surface area is 138 Å². The summed E-state index contributed by atoms with van der Waals surface area (Å²) < 4.78 is 8.05. The predicted molar refractivity (Wildman–Crippen MR) is 93.0 cm³/mol. The highest BCUT2D eigenvalue weighted by Gasteiger charge is 2.06. The maximum atomic E-state index is 5.85. The molecule has 0 saturated carbocycles. The third kappa shape index (κ3) is 3.27. The molecule has 0 radical (unpaired) electrons. The van der Waals surface area contributed by atoms with Gasteiger partial charge in [-0.05, 0) is 31.2 Å². The number of fused-ring (bicyclic) bond motifs is 1. The predicted octanol–water partition coefficient (Wildman–Crippen LogP) is 4.32. The zero-order valence-corrected chi connectivity index (χ0v) is 14.2. The second-order valence-corrected chi connectivity index (χ2v) is 6.83. The fraction of sp³-hybridized carbons (Fsp3) is 0.312. The van der Waals surface area contributed by atoms with Gasteiger partial charge in [0.05, 0.1) is 13.2 Å². The number of anilines is 1. The van der Waals surface area contributed by atoms with Crippen molar-refractivity contribution in [2.24, 2.45) is 0 Å². The van der Waals surface area contributed by atoms with Crippen LogP contribution in [0.15, 0.2) is 30.5 Å². The first-order valence-corrected chi connectivity index (χ1v) is 8.30. The lowest BCUT2D eigenvalue weighted by Crippen LogP contribution is -2.05. The molecule has 0 fully saturated rings. The lowest BCUT2D eigenvalue weighted by molar-refractivity contribution is 0.188. The third-order valence-corrected chi connectivity index (χ3v) is 4.73. The lowest BCUT2D eigenvalue weighted by atomic mass is 10.2. The Morgan fingerprint density at radius 3 is 2.95 bits per heavy atom. The number of aromatic nitrogens is 2. The number of ether oxygens (including phenoxy) is 1. The van der Waals surface area contributed by atoms with Gasteiger partial charge in [-0.25, -0.2) is 4.98 Å². The van der Waals surface area contributed by atoms with Crippen molar-refractivity contribution < 1.29 is 4.74 Å². The summed E-state index contributed by atoms with van der Waals surface area (Å²) >= 11 is 7.35. The fourth-order valence-corrected chi connectivity index (χ4v) is 3.47. The molecule has 0 atom stereocenters. The zero-order chi connectivity index (χ0) is 15.5. The van der Waals surface area contributed by atoms with Gasteiger partial charge < -0.3 is 14.6 Å². The Morgan fingerprint density at radius 1 is 1.36 bits per heavy atom. The van der Waals surface area contributed by atoms with Crippen molar-refractivity contribution >= 4 is 39.5 Å². The van der Waals surface area contributed by atoms with Crippen LogP contribution in [0.3, 0.4) is 0 Å². The Balaban J connectivity index is 1.78. The van der Waals surface area contributed by atoms with Crippen molar-refractivity contribution in [3.63, 3.8) is 0 Å². The molecule has 4 nitrogen and oxygen atoms in total. The summed E-state index contributed by atoms with van der Waals surface area (Å²) in [7, 11) is 1.73. The van der Waals surface area contributed by atoms with Crippen molar-refractivity contribution in [1.29, 1.82) is 0 Å². The summed E-state index contributed by atoms with van der Waals surface area (Å²) in [5.74, 6) is 0. The van der Waals surface area contributed by atoms with Crippen molar-refractivity contribution in [2.75, 3.05) is 19.0 Å². The summed E-state index contributed by atoms with van der Waals surface area (Å²) in [5.41, 5.74) is 3.58. The van der Waals surface area contributed by atoms with Gasteiger partial charge in [0.2, 0.25) is 0 Å². The minimum absolute atomic E-state index is 0.582. The minimum atomic E-state index is 0.582. The largest absolute Gasteiger partial charge is 0.383 e. The topological polar surface area (TPSA) is 39.1 Å². The molecule has 0 saturated heterocycles. The molecular weight excluding hydrogens is 318 g/mol. The van der Waals surface area contributed by atoms with E-state index in [0.717, 1.165) is 30.3 Å². The molecule has 0 unspecified atom stereocenters. The van der Waals surface area contributed by atoms with E-state index in [4.69, 9.17) is 16.3 Å². The third-order valence-electron chi connectivity index (χ3n) is 3.62. The molecule has 0 amide bonds. The van der Waals surface area contributed by atoms with Gasteiger partial charge in [0.25, 0.3) is 0 Å². The number of thiazole rings is 1. The van der Waals surface area contributed by atoms with Crippen LogP contribution in [0.5, 0.6) is 0 Å². The van der Waals surface area contributed by atoms with Crippen LogP contribution < -0.4 is 5.32 Å². The van der Waals surface area contributed by atoms with Crippen LogP contribution in [0.1, 0.15) is 10.6 Å². The van der Waals surface area contributed by atoms with Crippen LogP contribution in [0, 0.1) is 6.92 Å². The van der Waals surface area contributed by atoms with Crippen molar-refractivity contribution in [1.82, 2.24) is 9.55 Å². The van der Waals surface area contributed by atoms with Crippen LogP contribution in [0.25, 0.3) is 10.9 Å². The molecule has 22 heavy (non-hydrogen) atoms. The van der Waals surface area contributed by atoms with Gasteiger partial charge in [0.15, 0.2) is 4.47 Å². The Kier molecular flexibility index (Phi) is 4.66. The maximum Gasteiger partial charge on any atom is 0.183 e. The summed E-state index contributed by atoms with van der Waals surface area (Å²) in [6, 6.07) is 8.64. The molecule has 6 heteroatoms. The van der Waals surface area contributed by atoms with Gasteiger partial charge in [-0.15, -0.1) is 11.3 Å². The van der Waals surface area contributed by atoms with E-state index >= 15 is 0 Å². The quantitative estimate of drug-likeness (QED) is 0.729. The van der Waals surface area contributed by atoms with Gasteiger partial charge in [0, 0.05) is 47.0 Å². The molecule has 116 valence electrons. The van der Waals surface area contributed by atoms with Crippen molar-refractivity contribution in [2.45, 2.75) is 20.0 Å². The zero-order valence-electron chi connectivity index (χ0n) is 12.6. The summed E-state index contributed by atoms with van der Waals surface area (Å²) in [6.45, 7) is 4.45. The minimum Gasteiger partial charge on any atom is -0.383 e. The first-order chi connectivity index (χ1) is 10.7. The standard InChI is InChI=1S/C16H18ClN3OS/c1-11-7-12-8-13(18-9-14-10-19-16(17)22-14)3-4-15(12)20(11)5-6-21-2/h3-4,7-8,10,18H,5-6,9H2,1-2H3. The van der Waals surface area contributed by atoms with Crippen LogP contribution >= 0.6 is 22.9 Å².